The lowest BCUT2D eigenvalue weighted by atomic mass is 10.2. The molecule has 1 aromatic heterocycles. The van der Waals surface area contributed by atoms with Crippen molar-refractivity contribution in [2.75, 3.05) is 26.7 Å². The highest BCUT2D eigenvalue weighted by Crippen LogP contribution is 2.05. The summed E-state index contributed by atoms with van der Waals surface area (Å²) in [5, 5.41) is 3.55. The molecule has 1 atom stereocenters. The standard InChI is InChI=1S/C10H18N4/c1-14-7-3-9(8-14)11-4-2-10-12-5-6-13-10/h5-6,9,11H,2-4,7-8H2,1H3,(H,12,13). The number of rotatable bonds is 4. The smallest absolute Gasteiger partial charge is 0.107 e. The first-order valence-electron chi connectivity index (χ1n) is 5.25. The lowest BCUT2D eigenvalue weighted by Crippen LogP contribution is -2.33. The van der Waals surface area contributed by atoms with Crippen LogP contribution in [0.2, 0.25) is 0 Å². The molecule has 0 aromatic carbocycles. The molecule has 0 amide bonds. The number of H-pyrrole nitrogens is 1. The fourth-order valence-corrected chi connectivity index (χ4v) is 1.93. The van der Waals surface area contributed by atoms with Crippen LogP contribution in [0.25, 0.3) is 0 Å². The van der Waals surface area contributed by atoms with Gasteiger partial charge in [0, 0.05) is 37.9 Å². The quantitative estimate of drug-likeness (QED) is 0.722. The van der Waals surface area contributed by atoms with Crippen molar-refractivity contribution in [3.8, 4) is 0 Å². The van der Waals surface area contributed by atoms with E-state index in [4.69, 9.17) is 0 Å². The highest BCUT2D eigenvalue weighted by molar-refractivity contribution is 4.88. The van der Waals surface area contributed by atoms with E-state index in [0.29, 0.717) is 6.04 Å². The molecule has 78 valence electrons. The maximum absolute atomic E-state index is 4.19. The fraction of sp³-hybridized carbons (Fsp3) is 0.700. The summed E-state index contributed by atoms with van der Waals surface area (Å²) in [6, 6.07) is 0.676. The van der Waals surface area contributed by atoms with Crippen LogP contribution in [0.4, 0.5) is 0 Å². The van der Waals surface area contributed by atoms with Crippen LogP contribution in [-0.2, 0) is 6.42 Å². The number of likely N-dealkylation sites (tertiary alicyclic amines) is 1. The Bertz CT molecular complexity index is 257. The maximum atomic E-state index is 4.19. The van der Waals surface area contributed by atoms with E-state index in [0.717, 1.165) is 18.8 Å². The van der Waals surface area contributed by atoms with Crippen molar-refractivity contribution >= 4 is 0 Å². The minimum Gasteiger partial charge on any atom is -0.349 e. The van der Waals surface area contributed by atoms with E-state index in [1.165, 1.54) is 19.5 Å². The Kier molecular flexibility index (Phi) is 3.16. The number of nitrogens with one attached hydrogen (secondary N) is 2. The van der Waals surface area contributed by atoms with E-state index < -0.39 is 0 Å². The summed E-state index contributed by atoms with van der Waals surface area (Å²) < 4.78 is 0. The summed E-state index contributed by atoms with van der Waals surface area (Å²) in [6.07, 6.45) is 5.94. The topological polar surface area (TPSA) is 44.0 Å². The monoisotopic (exact) mass is 194 g/mol. The fourth-order valence-electron chi connectivity index (χ4n) is 1.93. The van der Waals surface area contributed by atoms with Gasteiger partial charge in [-0.1, -0.05) is 0 Å². The van der Waals surface area contributed by atoms with Gasteiger partial charge in [-0.05, 0) is 20.0 Å². The number of likely N-dealkylation sites (N-methyl/N-ethyl adjacent to an activating group) is 1. The molecule has 2 rings (SSSR count). The highest BCUT2D eigenvalue weighted by Gasteiger charge is 2.17. The number of aromatic nitrogens is 2. The second kappa shape index (κ2) is 4.57. The van der Waals surface area contributed by atoms with Crippen LogP contribution in [0.3, 0.4) is 0 Å². The average Bonchev–Trinajstić information content (AvgIpc) is 2.77. The lowest BCUT2D eigenvalue weighted by Gasteiger charge is -2.11. The van der Waals surface area contributed by atoms with Crippen molar-refractivity contribution in [2.45, 2.75) is 18.9 Å². The molecule has 1 aliphatic heterocycles. The van der Waals surface area contributed by atoms with Gasteiger partial charge in [-0.2, -0.15) is 0 Å². The predicted molar refractivity (Wildman–Crippen MR) is 56.2 cm³/mol. The van der Waals surface area contributed by atoms with E-state index in [2.05, 4.69) is 27.2 Å². The van der Waals surface area contributed by atoms with Crippen molar-refractivity contribution < 1.29 is 0 Å². The SMILES string of the molecule is CN1CCC(NCCc2ncc[nH]2)C1. The summed E-state index contributed by atoms with van der Waals surface area (Å²) in [5.74, 6) is 1.07. The molecule has 14 heavy (non-hydrogen) atoms. The van der Waals surface area contributed by atoms with E-state index in [1.54, 1.807) is 6.20 Å². The van der Waals surface area contributed by atoms with Gasteiger partial charge in [0.05, 0.1) is 0 Å². The molecule has 0 aliphatic carbocycles. The van der Waals surface area contributed by atoms with Crippen LogP contribution >= 0.6 is 0 Å². The van der Waals surface area contributed by atoms with Gasteiger partial charge in [0.1, 0.15) is 5.82 Å². The molecule has 4 nitrogen and oxygen atoms in total. The maximum Gasteiger partial charge on any atom is 0.107 e. The van der Waals surface area contributed by atoms with Gasteiger partial charge in [0.2, 0.25) is 0 Å². The second-order valence-corrected chi connectivity index (χ2v) is 3.99. The van der Waals surface area contributed by atoms with Crippen LogP contribution in [0.1, 0.15) is 12.2 Å². The number of nitrogens with zero attached hydrogens (tertiary/aromatic N) is 2. The van der Waals surface area contributed by atoms with Gasteiger partial charge >= 0.3 is 0 Å². The van der Waals surface area contributed by atoms with E-state index >= 15 is 0 Å². The molecule has 0 bridgehead atoms. The molecule has 0 spiro atoms. The Morgan fingerprint density at radius 2 is 2.64 bits per heavy atom. The van der Waals surface area contributed by atoms with E-state index in [-0.39, 0.29) is 0 Å². The molecular formula is C10H18N4. The van der Waals surface area contributed by atoms with Gasteiger partial charge in [0.15, 0.2) is 0 Å². The number of hydrogen-bond acceptors (Lipinski definition) is 3. The Balaban J connectivity index is 1.64. The summed E-state index contributed by atoms with van der Waals surface area (Å²) in [4.78, 5) is 9.66. The largest absolute Gasteiger partial charge is 0.349 e. The third kappa shape index (κ3) is 2.56. The molecular weight excluding hydrogens is 176 g/mol. The first-order chi connectivity index (χ1) is 6.84. The Hall–Kier alpha value is -0.870. The van der Waals surface area contributed by atoms with Gasteiger partial charge < -0.3 is 15.2 Å². The third-order valence-corrected chi connectivity index (χ3v) is 2.74. The van der Waals surface area contributed by atoms with Crippen LogP contribution in [0.5, 0.6) is 0 Å². The number of aromatic amines is 1. The minimum atomic E-state index is 0.676. The molecule has 1 unspecified atom stereocenters. The van der Waals surface area contributed by atoms with Gasteiger partial charge in [-0.15, -0.1) is 0 Å². The Labute approximate surface area is 84.7 Å². The molecule has 1 aromatic rings. The van der Waals surface area contributed by atoms with Crippen molar-refractivity contribution in [3.05, 3.63) is 18.2 Å². The molecule has 2 N–H and O–H groups in total. The zero-order valence-electron chi connectivity index (χ0n) is 8.66. The molecule has 1 saturated heterocycles. The highest BCUT2D eigenvalue weighted by atomic mass is 15.2. The summed E-state index contributed by atoms with van der Waals surface area (Å²) in [6.45, 7) is 3.42. The van der Waals surface area contributed by atoms with E-state index in [9.17, 15) is 0 Å². The zero-order valence-corrected chi connectivity index (χ0v) is 8.66. The van der Waals surface area contributed by atoms with Gasteiger partial charge in [0.25, 0.3) is 0 Å². The average molecular weight is 194 g/mol. The summed E-state index contributed by atoms with van der Waals surface area (Å²) >= 11 is 0. The summed E-state index contributed by atoms with van der Waals surface area (Å²) in [7, 11) is 2.17. The normalized spacial score (nSPS) is 23.1. The van der Waals surface area contributed by atoms with Crippen molar-refractivity contribution in [1.82, 2.24) is 20.2 Å². The van der Waals surface area contributed by atoms with E-state index in [1.807, 2.05) is 6.20 Å². The molecule has 0 radical (unpaired) electrons. The first-order valence-corrected chi connectivity index (χ1v) is 5.25. The molecule has 2 heterocycles. The second-order valence-electron chi connectivity index (χ2n) is 3.99. The van der Waals surface area contributed by atoms with Crippen LogP contribution in [0, 0.1) is 0 Å². The van der Waals surface area contributed by atoms with Crippen molar-refractivity contribution in [1.29, 1.82) is 0 Å². The van der Waals surface area contributed by atoms with Gasteiger partial charge in [-0.3, -0.25) is 0 Å². The zero-order chi connectivity index (χ0) is 9.80. The molecule has 4 heteroatoms. The van der Waals surface area contributed by atoms with Crippen molar-refractivity contribution in [3.63, 3.8) is 0 Å². The van der Waals surface area contributed by atoms with Gasteiger partial charge in [-0.25, -0.2) is 4.98 Å². The lowest BCUT2D eigenvalue weighted by molar-refractivity contribution is 0.398. The minimum absolute atomic E-state index is 0.676. The Morgan fingerprint density at radius 3 is 3.29 bits per heavy atom. The number of hydrogen-bond donors (Lipinski definition) is 2. The summed E-state index contributed by atoms with van der Waals surface area (Å²) in [5.41, 5.74) is 0. The molecule has 1 fully saturated rings. The van der Waals surface area contributed by atoms with Crippen LogP contribution < -0.4 is 5.32 Å². The van der Waals surface area contributed by atoms with Crippen LogP contribution in [0.15, 0.2) is 12.4 Å². The molecule has 1 aliphatic rings. The predicted octanol–water partition coefficient (Wildman–Crippen LogP) is 0.246. The number of imidazole rings is 1. The Morgan fingerprint density at radius 1 is 1.71 bits per heavy atom. The first kappa shape index (κ1) is 9.68. The third-order valence-electron chi connectivity index (χ3n) is 2.74. The van der Waals surface area contributed by atoms with Crippen LogP contribution in [-0.4, -0.2) is 47.6 Å². The van der Waals surface area contributed by atoms with Crippen molar-refractivity contribution in [2.24, 2.45) is 0 Å². The molecule has 0 saturated carbocycles.